The van der Waals surface area contributed by atoms with Crippen molar-refractivity contribution in [2.75, 3.05) is 31.6 Å². The lowest BCUT2D eigenvalue weighted by atomic mass is 10.1. The summed E-state index contributed by atoms with van der Waals surface area (Å²) in [5.74, 6) is 2.03. The molecule has 0 atom stereocenters. The summed E-state index contributed by atoms with van der Waals surface area (Å²) >= 11 is 0. The number of methoxy groups -OCH3 is 1. The topological polar surface area (TPSA) is 51.4 Å². The van der Waals surface area contributed by atoms with Gasteiger partial charge in [-0.25, -0.2) is 4.98 Å². The first-order valence-electron chi connectivity index (χ1n) is 7.74. The van der Waals surface area contributed by atoms with Crippen LogP contribution in [0.2, 0.25) is 0 Å². The van der Waals surface area contributed by atoms with Gasteiger partial charge in [-0.3, -0.25) is 0 Å². The van der Waals surface area contributed by atoms with Gasteiger partial charge >= 0.3 is 0 Å². The van der Waals surface area contributed by atoms with Crippen LogP contribution in [0.5, 0.6) is 5.75 Å². The third kappa shape index (κ3) is 2.95. The minimum atomic E-state index is 0.718. The Labute approximate surface area is 125 Å². The van der Waals surface area contributed by atoms with Crippen molar-refractivity contribution in [2.24, 2.45) is 5.73 Å². The van der Waals surface area contributed by atoms with E-state index in [2.05, 4.69) is 17.0 Å². The standard InChI is InChI=1S/C17H23N3O/c1-21-15-6-7-16-14(12-15)11-13(5-4-8-18)17(19-16)20-9-2-3-10-20/h6-7,11-12H,2-5,8-10,18H2,1H3. The molecule has 1 aromatic carbocycles. The van der Waals surface area contributed by atoms with E-state index in [9.17, 15) is 0 Å². The lowest BCUT2D eigenvalue weighted by Crippen LogP contribution is -2.21. The summed E-state index contributed by atoms with van der Waals surface area (Å²) in [7, 11) is 1.70. The van der Waals surface area contributed by atoms with Crippen molar-refractivity contribution < 1.29 is 4.74 Å². The molecule has 0 radical (unpaired) electrons. The maximum absolute atomic E-state index is 5.68. The Morgan fingerprint density at radius 2 is 2.05 bits per heavy atom. The average molecular weight is 285 g/mol. The van der Waals surface area contributed by atoms with Crippen LogP contribution in [0.25, 0.3) is 10.9 Å². The molecule has 1 aliphatic heterocycles. The second kappa shape index (κ2) is 6.31. The zero-order chi connectivity index (χ0) is 14.7. The summed E-state index contributed by atoms with van der Waals surface area (Å²) in [5.41, 5.74) is 8.03. The van der Waals surface area contributed by atoms with Gasteiger partial charge in [0.05, 0.1) is 12.6 Å². The van der Waals surface area contributed by atoms with Crippen molar-refractivity contribution in [1.29, 1.82) is 0 Å². The molecule has 0 unspecified atom stereocenters. The third-order valence-electron chi connectivity index (χ3n) is 4.13. The number of fused-ring (bicyclic) bond motifs is 1. The highest BCUT2D eigenvalue weighted by Gasteiger charge is 2.18. The number of hydrogen-bond acceptors (Lipinski definition) is 4. The zero-order valence-electron chi connectivity index (χ0n) is 12.6. The smallest absolute Gasteiger partial charge is 0.132 e. The predicted molar refractivity (Wildman–Crippen MR) is 87.1 cm³/mol. The van der Waals surface area contributed by atoms with Crippen LogP contribution in [-0.2, 0) is 6.42 Å². The summed E-state index contributed by atoms with van der Waals surface area (Å²) in [5, 5.41) is 1.14. The first-order chi connectivity index (χ1) is 10.3. The van der Waals surface area contributed by atoms with Gasteiger partial charge in [0.25, 0.3) is 0 Å². The average Bonchev–Trinajstić information content (AvgIpc) is 3.05. The van der Waals surface area contributed by atoms with Crippen molar-refractivity contribution >= 4 is 16.7 Å². The Bertz CT molecular complexity index is 621. The van der Waals surface area contributed by atoms with E-state index >= 15 is 0 Å². The molecule has 4 nitrogen and oxygen atoms in total. The number of pyridine rings is 1. The summed E-state index contributed by atoms with van der Waals surface area (Å²) in [6.07, 6.45) is 4.51. The van der Waals surface area contributed by atoms with Crippen molar-refractivity contribution in [2.45, 2.75) is 25.7 Å². The summed E-state index contributed by atoms with van der Waals surface area (Å²) in [4.78, 5) is 7.33. The van der Waals surface area contributed by atoms with Gasteiger partial charge in [0.2, 0.25) is 0 Å². The molecule has 0 saturated carbocycles. The lowest BCUT2D eigenvalue weighted by Gasteiger charge is -2.21. The number of hydrogen-bond donors (Lipinski definition) is 1. The van der Waals surface area contributed by atoms with E-state index in [1.165, 1.54) is 18.4 Å². The van der Waals surface area contributed by atoms with E-state index in [-0.39, 0.29) is 0 Å². The van der Waals surface area contributed by atoms with E-state index in [0.717, 1.165) is 54.9 Å². The van der Waals surface area contributed by atoms with E-state index in [4.69, 9.17) is 15.5 Å². The highest BCUT2D eigenvalue weighted by Crippen LogP contribution is 2.29. The predicted octanol–water partition coefficient (Wildman–Crippen LogP) is 2.73. The zero-order valence-corrected chi connectivity index (χ0v) is 12.6. The van der Waals surface area contributed by atoms with Crippen LogP contribution in [0.15, 0.2) is 24.3 Å². The van der Waals surface area contributed by atoms with Crippen LogP contribution in [0.4, 0.5) is 5.82 Å². The molecule has 1 aromatic heterocycles. The molecule has 0 spiro atoms. The van der Waals surface area contributed by atoms with Crippen LogP contribution < -0.4 is 15.4 Å². The summed E-state index contributed by atoms with van der Waals surface area (Å²) in [6, 6.07) is 8.33. The molecular weight excluding hydrogens is 262 g/mol. The molecule has 1 aliphatic rings. The van der Waals surface area contributed by atoms with Crippen LogP contribution in [0, 0.1) is 0 Å². The molecule has 0 aliphatic carbocycles. The maximum Gasteiger partial charge on any atom is 0.132 e. The number of anilines is 1. The Hall–Kier alpha value is -1.81. The molecule has 0 bridgehead atoms. The maximum atomic E-state index is 5.68. The SMILES string of the molecule is COc1ccc2nc(N3CCCC3)c(CCCN)cc2c1. The summed E-state index contributed by atoms with van der Waals surface area (Å²) in [6.45, 7) is 2.95. The van der Waals surface area contributed by atoms with Gasteiger partial charge < -0.3 is 15.4 Å². The van der Waals surface area contributed by atoms with Crippen LogP contribution >= 0.6 is 0 Å². The minimum absolute atomic E-state index is 0.718. The number of nitrogens with zero attached hydrogens (tertiary/aromatic N) is 2. The van der Waals surface area contributed by atoms with Crippen LogP contribution in [0.1, 0.15) is 24.8 Å². The van der Waals surface area contributed by atoms with Crippen molar-refractivity contribution in [3.05, 3.63) is 29.8 Å². The molecule has 4 heteroatoms. The normalized spacial score (nSPS) is 14.9. The van der Waals surface area contributed by atoms with Crippen LogP contribution in [-0.4, -0.2) is 31.7 Å². The van der Waals surface area contributed by atoms with Crippen LogP contribution in [0.3, 0.4) is 0 Å². The van der Waals surface area contributed by atoms with Crippen molar-refractivity contribution in [1.82, 2.24) is 4.98 Å². The lowest BCUT2D eigenvalue weighted by molar-refractivity contribution is 0.415. The number of aromatic nitrogens is 1. The largest absolute Gasteiger partial charge is 0.497 e. The molecule has 2 N–H and O–H groups in total. The van der Waals surface area contributed by atoms with Crippen molar-refractivity contribution in [3.63, 3.8) is 0 Å². The van der Waals surface area contributed by atoms with Gasteiger partial charge in [-0.15, -0.1) is 0 Å². The Kier molecular flexibility index (Phi) is 4.25. The molecule has 1 fully saturated rings. The number of aryl methyl sites for hydroxylation is 1. The first-order valence-corrected chi connectivity index (χ1v) is 7.74. The second-order valence-corrected chi connectivity index (χ2v) is 5.62. The van der Waals surface area contributed by atoms with Crippen molar-refractivity contribution in [3.8, 4) is 5.75 Å². The third-order valence-corrected chi connectivity index (χ3v) is 4.13. The molecule has 1 saturated heterocycles. The fourth-order valence-electron chi connectivity index (χ4n) is 2.99. The molecule has 3 rings (SSSR count). The number of benzene rings is 1. The van der Waals surface area contributed by atoms with E-state index in [0.29, 0.717) is 0 Å². The first kappa shape index (κ1) is 14.1. The molecular formula is C17H23N3O. The Morgan fingerprint density at radius 1 is 1.24 bits per heavy atom. The monoisotopic (exact) mass is 285 g/mol. The van der Waals surface area contributed by atoms with Gasteiger partial charge in [0.15, 0.2) is 0 Å². The van der Waals surface area contributed by atoms with E-state index < -0.39 is 0 Å². The molecule has 0 amide bonds. The van der Waals surface area contributed by atoms with E-state index in [1.54, 1.807) is 7.11 Å². The van der Waals surface area contributed by atoms with Gasteiger partial charge in [-0.2, -0.15) is 0 Å². The molecule has 2 aromatic rings. The van der Waals surface area contributed by atoms with E-state index in [1.807, 2.05) is 12.1 Å². The number of ether oxygens (including phenoxy) is 1. The fraction of sp³-hybridized carbons (Fsp3) is 0.471. The Morgan fingerprint density at radius 3 is 2.76 bits per heavy atom. The molecule has 21 heavy (non-hydrogen) atoms. The molecule has 112 valence electrons. The highest BCUT2D eigenvalue weighted by molar-refractivity contribution is 5.83. The highest BCUT2D eigenvalue weighted by atomic mass is 16.5. The van der Waals surface area contributed by atoms with Gasteiger partial charge in [0, 0.05) is 18.5 Å². The molecule has 2 heterocycles. The van der Waals surface area contributed by atoms with Gasteiger partial charge in [0.1, 0.15) is 11.6 Å². The fourth-order valence-corrected chi connectivity index (χ4v) is 2.99. The Balaban J connectivity index is 2.05. The summed E-state index contributed by atoms with van der Waals surface area (Å²) < 4.78 is 5.32. The van der Waals surface area contributed by atoms with Gasteiger partial charge in [-0.05, 0) is 62.1 Å². The number of nitrogens with two attached hydrogens (primary N) is 1. The number of rotatable bonds is 5. The quantitative estimate of drug-likeness (QED) is 0.917. The van der Waals surface area contributed by atoms with Gasteiger partial charge in [-0.1, -0.05) is 0 Å². The second-order valence-electron chi connectivity index (χ2n) is 5.62. The minimum Gasteiger partial charge on any atom is -0.497 e.